The van der Waals surface area contributed by atoms with E-state index >= 15 is 0 Å². The first-order valence-electron chi connectivity index (χ1n) is 8.18. The highest BCUT2D eigenvalue weighted by Crippen LogP contribution is 2.40. The van der Waals surface area contributed by atoms with Crippen molar-refractivity contribution in [2.75, 3.05) is 18.1 Å². The van der Waals surface area contributed by atoms with Crippen molar-refractivity contribution in [3.63, 3.8) is 0 Å². The molecule has 4 atom stereocenters. The maximum absolute atomic E-state index is 12.0. The molecule has 4 heterocycles. The molecule has 1 saturated heterocycles. The molecule has 1 aliphatic rings. The normalized spacial score (nSPS) is 26.8. The quantitative estimate of drug-likeness (QED) is 0.207. The fraction of sp³-hybridized carbons (Fsp3) is 0.357. The molecule has 3 aromatic rings. The summed E-state index contributed by atoms with van der Waals surface area (Å²) in [6.07, 6.45) is -2.56. The topological polar surface area (TPSA) is 241 Å². The van der Waals surface area contributed by atoms with E-state index in [0.717, 1.165) is 10.8 Å². The van der Waals surface area contributed by atoms with Crippen LogP contribution in [0.1, 0.15) is 6.23 Å². The number of nitrogens with one attached hydrogen (secondary N) is 2. The highest BCUT2D eigenvalue weighted by atomic mass is 16.7. The van der Waals surface area contributed by atoms with Crippen molar-refractivity contribution in [1.82, 2.24) is 29.5 Å². The van der Waals surface area contributed by atoms with Crippen LogP contribution in [-0.2, 0) is 4.74 Å². The van der Waals surface area contributed by atoms with Gasteiger partial charge >= 0.3 is 5.69 Å². The molecule has 0 unspecified atom stereocenters. The van der Waals surface area contributed by atoms with Gasteiger partial charge in [0.05, 0.1) is 19.1 Å². The molecule has 0 aromatic carbocycles. The average molecular weight is 408 g/mol. The Morgan fingerprint density at radius 1 is 1.34 bits per heavy atom. The smallest absolute Gasteiger partial charge is 0.325 e. The van der Waals surface area contributed by atoms with Crippen LogP contribution in [0, 0.1) is 0 Å². The molecule has 0 aliphatic carbocycles. The van der Waals surface area contributed by atoms with Crippen molar-refractivity contribution >= 4 is 22.9 Å². The molecule has 15 nitrogen and oxygen atoms in total. The van der Waals surface area contributed by atoms with Crippen LogP contribution in [-0.4, -0.2) is 69.4 Å². The van der Waals surface area contributed by atoms with Crippen LogP contribution >= 0.6 is 0 Å². The Morgan fingerprint density at radius 3 is 2.79 bits per heavy atom. The van der Waals surface area contributed by atoms with E-state index in [4.69, 9.17) is 20.9 Å². The Bertz CT molecular complexity index is 1190. The molecule has 29 heavy (non-hydrogen) atoms. The van der Waals surface area contributed by atoms with Gasteiger partial charge in [0.15, 0.2) is 17.6 Å². The number of nitrogens with two attached hydrogens (primary N) is 2. The van der Waals surface area contributed by atoms with Crippen LogP contribution in [0.15, 0.2) is 22.1 Å². The van der Waals surface area contributed by atoms with Crippen molar-refractivity contribution in [2.45, 2.75) is 24.2 Å². The van der Waals surface area contributed by atoms with E-state index in [-0.39, 0.29) is 22.9 Å². The van der Waals surface area contributed by atoms with E-state index in [1.54, 1.807) is 0 Å². The molecule has 1 aliphatic heterocycles. The molecular weight excluding hydrogens is 392 g/mol. The highest BCUT2D eigenvalue weighted by molar-refractivity contribution is 5.82. The van der Waals surface area contributed by atoms with Crippen LogP contribution in [0.25, 0.3) is 11.2 Å². The number of aromatic nitrogens is 6. The van der Waals surface area contributed by atoms with Gasteiger partial charge in [-0.1, -0.05) is 0 Å². The second-order valence-corrected chi connectivity index (χ2v) is 6.24. The van der Waals surface area contributed by atoms with Crippen LogP contribution in [0.2, 0.25) is 0 Å². The minimum Gasteiger partial charge on any atom is -0.447 e. The summed E-state index contributed by atoms with van der Waals surface area (Å²) < 4.78 is 12.0. The van der Waals surface area contributed by atoms with Crippen LogP contribution in [0.5, 0.6) is 5.75 Å². The minimum absolute atomic E-state index is 0.0370. The van der Waals surface area contributed by atoms with Crippen molar-refractivity contribution in [1.29, 1.82) is 0 Å². The van der Waals surface area contributed by atoms with Crippen LogP contribution < -0.4 is 27.5 Å². The number of rotatable bonds is 4. The van der Waals surface area contributed by atoms with E-state index in [9.17, 15) is 24.9 Å². The average Bonchev–Trinajstić information content (AvgIpc) is 3.17. The first-order chi connectivity index (χ1) is 13.7. The minimum atomic E-state index is -2.60. The fourth-order valence-electron chi connectivity index (χ4n) is 3.05. The Labute approximate surface area is 159 Å². The monoisotopic (exact) mass is 408 g/mol. The van der Waals surface area contributed by atoms with Crippen molar-refractivity contribution in [3.05, 3.63) is 33.4 Å². The molecule has 9 N–H and O–H groups in total. The lowest BCUT2D eigenvalue weighted by Crippen LogP contribution is -2.52. The van der Waals surface area contributed by atoms with Gasteiger partial charge in [-0.15, -0.1) is 0 Å². The molecule has 0 bridgehead atoms. The highest BCUT2D eigenvalue weighted by Gasteiger charge is 2.59. The third-order valence-electron chi connectivity index (χ3n) is 4.39. The molecule has 0 spiro atoms. The second kappa shape index (κ2) is 6.52. The second-order valence-electron chi connectivity index (χ2n) is 6.24. The fourth-order valence-corrected chi connectivity index (χ4v) is 3.05. The predicted molar refractivity (Wildman–Crippen MR) is 94.4 cm³/mol. The van der Waals surface area contributed by atoms with Gasteiger partial charge in [-0.05, 0) is 0 Å². The largest absolute Gasteiger partial charge is 0.447 e. The van der Waals surface area contributed by atoms with Crippen LogP contribution in [0.4, 0.5) is 11.8 Å². The van der Waals surface area contributed by atoms with Crippen LogP contribution in [0.3, 0.4) is 0 Å². The number of aromatic amines is 2. The zero-order chi connectivity index (χ0) is 20.9. The first-order valence-corrected chi connectivity index (χ1v) is 8.18. The molecule has 0 amide bonds. The molecule has 154 valence electrons. The van der Waals surface area contributed by atoms with E-state index in [0.29, 0.717) is 0 Å². The zero-order valence-electron chi connectivity index (χ0n) is 14.5. The van der Waals surface area contributed by atoms with Crippen molar-refractivity contribution < 1.29 is 24.8 Å². The standard InChI is InChI=1S/C14H16N8O7/c15-8-6-9(20-12(16)19-8)22(3-18-6)11-14(27,7(24)5(2-23)28-11)29-4-1-17-13(26)21-10(4)25/h1,3,5,7,11,23-24,27H,2H2,(H4,15,16,19,20)(H2,17,21,25,26)/t5-,7-,11-,14+/m1/s1. The molecule has 0 radical (unpaired) electrons. The lowest BCUT2D eigenvalue weighted by atomic mass is 10.1. The Hall–Kier alpha value is -3.53. The number of hydrogen-bond donors (Lipinski definition) is 7. The maximum Gasteiger partial charge on any atom is 0.325 e. The van der Waals surface area contributed by atoms with Crippen molar-refractivity contribution in [3.8, 4) is 5.75 Å². The number of anilines is 2. The summed E-state index contributed by atoms with van der Waals surface area (Å²) in [6, 6.07) is 0. The number of hydrogen-bond acceptors (Lipinski definition) is 12. The Morgan fingerprint density at radius 2 is 2.10 bits per heavy atom. The molecule has 3 aromatic heterocycles. The summed E-state index contributed by atoms with van der Waals surface area (Å²) in [4.78, 5) is 39.1. The summed E-state index contributed by atoms with van der Waals surface area (Å²) >= 11 is 0. The predicted octanol–water partition coefficient (Wildman–Crippen LogP) is -3.61. The van der Waals surface area contributed by atoms with Gasteiger partial charge in [0, 0.05) is 0 Å². The number of nitrogen functional groups attached to an aromatic ring is 2. The third-order valence-corrected chi connectivity index (χ3v) is 4.39. The van der Waals surface area contributed by atoms with Gasteiger partial charge in [-0.25, -0.2) is 9.78 Å². The first kappa shape index (κ1) is 18.8. The number of ether oxygens (including phenoxy) is 2. The third kappa shape index (κ3) is 2.88. The van der Waals surface area contributed by atoms with Gasteiger partial charge in [-0.3, -0.25) is 14.3 Å². The lowest BCUT2D eigenvalue weighted by molar-refractivity contribution is -0.229. The molecule has 0 saturated carbocycles. The zero-order valence-corrected chi connectivity index (χ0v) is 14.5. The van der Waals surface area contributed by atoms with E-state index in [1.807, 2.05) is 4.98 Å². The molecule has 1 fully saturated rings. The maximum atomic E-state index is 12.0. The number of imidazole rings is 1. The lowest BCUT2D eigenvalue weighted by Gasteiger charge is -2.31. The number of fused-ring (bicyclic) bond motifs is 1. The van der Waals surface area contributed by atoms with Gasteiger partial charge in [-0.2, -0.15) is 9.97 Å². The SMILES string of the molecule is Nc1nc(N)c2ncn([C@@H]3O[C@H](CO)[C@@H](O)[C@]3(O)Oc3c[nH]c(=O)[nH]c3=O)c2n1. The van der Waals surface area contributed by atoms with Gasteiger partial charge in [0.1, 0.15) is 11.6 Å². The molecule has 4 rings (SSSR count). The van der Waals surface area contributed by atoms with Gasteiger partial charge in [0.25, 0.3) is 11.3 Å². The van der Waals surface area contributed by atoms with E-state index in [2.05, 4.69) is 19.9 Å². The number of aliphatic hydroxyl groups excluding tert-OH is 2. The summed E-state index contributed by atoms with van der Waals surface area (Å²) in [7, 11) is 0. The summed E-state index contributed by atoms with van der Waals surface area (Å²) in [5.41, 5.74) is 9.79. The summed E-state index contributed by atoms with van der Waals surface area (Å²) in [5.74, 6) is -3.34. The Kier molecular flexibility index (Phi) is 4.23. The van der Waals surface area contributed by atoms with Gasteiger partial charge < -0.3 is 41.2 Å². The number of nitrogens with zero attached hydrogens (tertiary/aromatic N) is 4. The van der Waals surface area contributed by atoms with Gasteiger partial charge in [0.2, 0.25) is 17.9 Å². The summed E-state index contributed by atoms with van der Waals surface area (Å²) in [5, 5.41) is 31.1. The van der Waals surface area contributed by atoms with E-state index < -0.39 is 47.8 Å². The van der Waals surface area contributed by atoms with E-state index in [1.165, 1.54) is 6.33 Å². The number of aliphatic hydroxyl groups is 3. The Balaban J connectivity index is 1.84. The molecule has 15 heteroatoms. The number of H-pyrrole nitrogens is 2. The van der Waals surface area contributed by atoms with Crippen molar-refractivity contribution in [2.24, 2.45) is 0 Å². The summed E-state index contributed by atoms with van der Waals surface area (Å²) in [6.45, 7) is -0.683. The molecular formula is C14H16N8O7.